The van der Waals surface area contributed by atoms with E-state index in [-0.39, 0.29) is 11.9 Å². The van der Waals surface area contributed by atoms with Crippen molar-refractivity contribution in [2.45, 2.75) is 46.1 Å². The van der Waals surface area contributed by atoms with E-state index in [0.717, 1.165) is 41.2 Å². The van der Waals surface area contributed by atoms with E-state index in [9.17, 15) is 4.79 Å². The van der Waals surface area contributed by atoms with Crippen molar-refractivity contribution in [1.29, 1.82) is 0 Å². The van der Waals surface area contributed by atoms with Crippen LogP contribution in [-0.4, -0.2) is 21.1 Å². The molecule has 116 valence electrons. The number of aromatic nitrogens is 3. The number of carbonyl (C=O) groups is 1. The Kier molecular flexibility index (Phi) is 3.96. The molecule has 1 aliphatic rings. The van der Waals surface area contributed by atoms with Gasteiger partial charge in [0, 0.05) is 17.0 Å². The molecule has 0 aromatic carbocycles. The first-order valence-electron chi connectivity index (χ1n) is 7.78. The number of nitrogens with zero attached hydrogens (tertiary/aromatic N) is 2. The highest BCUT2D eigenvalue weighted by atomic mass is 16.1. The summed E-state index contributed by atoms with van der Waals surface area (Å²) in [5.41, 5.74) is 4.80. The van der Waals surface area contributed by atoms with Gasteiger partial charge in [0.05, 0.1) is 23.9 Å². The van der Waals surface area contributed by atoms with Crippen LogP contribution in [0.1, 0.15) is 47.2 Å². The largest absolute Gasteiger partial charge is 0.347 e. The number of rotatable bonds is 5. The zero-order chi connectivity index (χ0) is 15.7. The van der Waals surface area contributed by atoms with Crippen LogP contribution in [-0.2, 0) is 11.2 Å². The molecular formula is C17H22N4O. The smallest absolute Gasteiger partial charge is 0.225 e. The minimum atomic E-state index is 0.0277. The van der Waals surface area contributed by atoms with E-state index in [1.54, 1.807) is 0 Å². The Morgan fingerprint density at radius 1 is 1.36 bits per heavy atom. The maximum absolute atomic E-state index is 12.4. The van der Waals surface area contributed by atoms with Crippen LogP contribution >= 0.6 is 0 Å². The third-order valence-corrected chi connectivity index (χ3v) is 4.26. The van der Waals surface area contributed by atoms with Crippen LogP contribution in [0.3, 0.4) is 0 Å². The molecule has 5 nitrogen and oxygen atoms in total. The Balaban J connectivity index is 1.73. The third-order valence-electron chi connectivity index (χ3n) is 4.26. The van der Waals surface area contributed by atoms with Gasteiger partial charge in [-0.25, -0.2) is 0 Å². The van der Waals surface area contributed by atoms with Crippen molar-refractivity contribution in [1.82, 2.24) is 20.5 Å². The predicted octanol–water partition coefficient (Wildman–Crippen LogP) is 2.54. The van der Waals surface area contributed by atoms with Crippen molar-refractivity contribution in [3.63, 3.8) is 0 Å². The Bertz CT molecular complexity index is 668. The number of carbonyl (C=O) groups excluding carboxylic acids is 1. The molecule has 3 rings (SSSR count). The van der Waals surface area contributed by atoms with Gasteiger partial charge in [0.25, 0.3) is 0 Å². The van der Waals surface area contributed by atoms with Gasteiger partial charge in [-0.1, -0.05) is 6.07 Å². The van der Waals surface area contributed by atoms with Gasteiger partial charge in [0.1, 0.15) is 0 Å². The number of aryl methyl sites for hydroxylation is 3. The molecule has 1 unspecified atom stereocenters. The van der Waals surface area contributed by atoms with Gasteiger partial charge in [-0.05, 0) is 51.7 Å². The molecule has 1 atom stereocenters. The number of H-pyrrole nitrogens is 1. The molecule has 1 fully saturated rings. The zero-order valence-electron chi connectivity index (χ0n) is 13.3. The van der Waals surface area contributed by atoms with Crippen LogP contribution in [0.5, 0.6) is 0 Å². The van der Waals surface area contributed by atoms with Crippen LogP contribution in [0.4, 0.5) is 0 Å². The van der Waals surface area contributed by atoms with E-state index in [2.05, 4.69) is 20.5 Å². The second-order valence-electron chi connectivity index (χ2n) is 6.18. The maximum atomic E-state index is 12.4. The number of amides is 1. The SMILES string of the molecule is Cc1cccc(C(NC(=O)Cc2c(C)n[nH]c2C)C2CC2)n1. The molecule has 2 aromatic heterocycles. The molecule has 0 radical (unpaired) electrons. The van der Waals surface area contributed by atoms with Gasteiger partial charge >= 0.3 is 0 Å². The second-order valence-corrected chi connectivity index (χ2v) is 6.18. The molecule has 0 saturated heterocycles. The molecule has 0 bridgehead atoms. The van der Waals surface area contributed by atoms with E-state index in [4.69, 9.17) is 0 Å². The Labute approximate surface area is 130 Å². The lowest BCUT2D eigenvalue weighted by Gasteiger charge is -2.18. The average molecular weight is 298 g/mol. The molecule has 22 heavy (non-hydrogen) atoms. The molecule has 1 amide bonds. The number of aromatic amines is 1. The van der Waals surface area contributed by atoms with Gasteiger partial charge in [-0.15, -0.1) is 0 Å². The average Bonchev–Trinajstić information content (AvgIpc) is 3.27. The highest BCUT2D eigenvalue weighted by Crippen LogP contribution is 2.40. The molecule has 2 N–H and O–H groups in total. The first-order valence-corrected chi connectivity index (χ1v) is 7.78. The standard InChI is InChI=1S/C17H22N4O/c1-10-5-4-6-15(18-10)17(13-7-8-13)19-16(22)9-14-11(2)20-21-12(14)3/h4-6,13,17H,7-9H2,1-3H3,(H,19,22)(H,20,21). The Hall–Kier alpha value is -2.17. The first kappa shape index (κ1) is 14.8. The van der Waals surface area contributed by atoms with Crippen molar-refractivity contribution < 1.29 is 4.79 Å². The van der Waals surface area contributed by atoms with Gasteiger partial charge in [-0.3, -0.25) is 14.9 Å². The lowest BCUT2D eigenvalue weighted by Crippen LogP contribution is -2.32. The van der Waals surface area contributed by atoms with Gasteiger partial charge in [0.2, 0.25) is 5.91 Å². The summed E-state index contributed by atoms with van der Waals surface area (Å²) >= 11 is 0. The van der Waals surface area contributed by atoms with E-state index in [0.29, 0.717) is 12.3 Å². The van der Waals surface area contributed by atoms with Gasteiger partial charge < -0.3 is 5.32 Å². The summed E-state index contributed by atoms with van der Waals surface area (Å²) in [6.07, 6.45) is 2.68. The van der Waals surface area contributed by atoms with Crippen molar-refractivity contribution in [3.8, 4) is 0 Å². The van der Waals surface area contributed by atoms with Crippen molar-refractivity contribution in [3.05, 3.63) is 46.5 Å². The number of nitrogens with one attached hydrogen (secondary N) is 2. The molecule has 1 aliphatic carbocycles. The minimum Gasteiger partial charge on any atom is -0.347 e. The van der Waals surface area contributed by atoms with Gasteiger partial charge in [-0.2, -0.15) is 5.10 Å². The van der Waals surface area contributed by atoms with E-state index in [1.807, 2.05) is 39.0 Å². The summed E-state index contributed by atoms with van der Waals surface area (Å²) in [5, 5.41) is 10.2. The monoisotopic (exact) mass is 298 g/mol. The summed E-state index contributed by atoms with van der Waals surface area (Å²) in [6, 6.07) is 6.02. The number of hydrogen-bond acceptors (Lipinski definition) is 3. The van der Waals surface area contributed by atoms with Crippen LogP contribution < -0.4 is 5.32 Å². The van der Waals surface area contributed by atoms with Crippen molar-refractivity contribution >= 4 is 5.91 Å². The quantitative estimate of drug-likeness (QED) is 0.891. The molecule has 2 heterocycles. The van der Waals surface area contributed by atoms with Crippen molar-refractivity contribution in [2.24, 2.45) is 5.92 Å². The fourth-order valence-corrected chi connectivity index (χ4v) is 2.82. The highest BCUT2D eigenvalue weighted by Gasteiger charge is 2.34. The zero-order valence-corrected chi connectivity index (χ0v) is 13.3. The summed E-state index contributed by atoms with van der Waals surface area (Å²) in [6.45, 7) is 5.85. The van der Waals surface area contributed by atoms with E-state index >= 15 is 0 Å². The third kappa shape index (κ3) is 3.18. The topological polar surface area (TPSA) is 70.7 Å². The first-order chi connectivity index (χ1) is 10.5. The normalized spacial score (nSPS) is 15.6. The molecule has 2 aromatic rings. The van der Waals surface area contributed by atoms with E-state index < -0.39 is 0 Å². The van der Waals surface area contributed by atoms with Crippen LogP contribution in [0.25, 0.3) is 0 Å². The minimum absolute atomic E-state index is 0.0277. The summed E-state index contributed by atoms with van der Waals surface area (Å²) < 4.78 is 0. The summed E-state index contributed by atoms with van der Waals surface area (Å²) in [7, 11) is 0. The maximum Gasteiger partial charge on any atom is 0.225 e. The van der Waals surface area contributed by atoms with E-state index in [1.165, 1.54) is 0 Å². The molecule has 0 spiro atoms. The lowest BCUT2D eigenvalue weighted by molar-refractivity contribution is -0.121. The summed E-state index contributed by atoms with van der Waals surface area (Å²) in [4.78, 5) is 17.0. The molecule has 0 aliphatic heterocycles. The fourth-order valence-electron chi connectivity index (χ4n) is 2.82. The number of hydrogen-bond donors (Lipinski definition) is 2. The molecule has 5 heteroatoms. The van der Waals surface area contributed by atoms with Gasteiger partial charge in [0.15, 0.2) is 0 Å². The van der Waals surface area contributed by atoms with Crippen LogP contribution in [0, 0.1) is 26.7 Å². The summed E-state index contributed by atoms with van der Waals surface area (Å²) in [5.74, 6) is 0.553. The number of pyridine rings is 1. The second kappa shape index (κ2) is 5.91. The molecular weight excluding hydrogens is 276 g/mol. The Morgan fingerprint density at radius 2 is 2.14 bits per heavy atom. The highest BCUT2D eigenvalue weighted by molar-refractivity contribution is 5.79. The fraction of sp³-hybridized carbons (Fsp3) is 0.471. The lowest BCUT2D eigenvalue weighted by atomic mass is 10.1. The predicted molar refractivity (Wildman–Crippen MR) is 84.3 cm³/mol. The van der Waals surface area contributed by atoms with Crippen molar-refractivity contribution in [2.75, 3.05) is 0 Å². The van der Waals surface area contributed by atoms with Crippen LogP contribution in [0.2, 0.25) is 0 Å². The Morgan fingerprint density at radius 3 is 2.73 bits per heavy atom. The molecule has 1 saturated carbocycles. The van der Waals surface area contributed by atoms with Crippen LogP contribution in [0.15, 0.2) is 18.2 Å².